The van der Waals surface area contributed by atoms with E-state index in [0.29, 0.717) is 37.1 Å². The summed E-state index contributed by atoms with van der Waals surface area (Å²) < 4.78 is 6.07. The zero-order valence-corrected chi connectivity index (χ0v) is 31.3. The summed E-state index contributed by atoms with van der Waals surface area (Å²) in [4.78, 5) is 15.4. The molecule has 5 fully saturated rings. The van der Waals surface area contributed by atoms with Crippen molar-refractivity contribution in [3.63, 3.8) is 0 Å². The van der Waals surface area contributed by atoms with Gasteiger partial charge in [0.15, 0.2) is 5.78 Å². The highest BCUT2D eigenvalue weighted by atomic mass is 16.5. The first-order valence-electron chi connectivity index (χ1n) is 19.9. The Bertz CT molecular complexity index is 1590. The number of Topliss-reactive ketones (excluding diaryl/α,β-unsaturated/α-hetero) is 1. The predicted molar refractivity (Wildman–Crippen MR) is 194 cm³/mol. The average Bonchev–Trinajstić information content (AvgIpc) is 3.53. The van der Waals surface area contributed by atoms with Crippen LogP contribution in [0.5, 0.6) is 0 Å². The Kier molecular flexibility index (Phi) is 8.84. The molecular weight excluding hydrogens is 662 g/mol. The van der Waals surface area contributed by atoms with Gasteiger partial charge in [0.25, 0.3) is 0 Å². The van der Waals surface area contributed by atoms with Crippen LogP contribution < -0.4 is 16.4 Å². The molecule has 19 unspecified atom stereocenters. The Morgan fingerprint density at radius 2 is 1.87 bits per heavy atom. The van der Waals surface area contributed by atoms with Gasteiger partial charge < -0.3 is 51.7 Å². The normalized spacial score (nSPS) is 51.4. The third-order valence-corrected chi connectivity index (χ3v) is 16.1. The van der Waals surface area contributed by atoms with Crippen LogP contribution in [-0.2, 0) is 9.53 Å². The number of nitrogens with two attached hydrogens (primary N) is 1. The van der Waals surface area contributed by atoms with Crippen molar-refractivity contribution in [3.8, 4) is 0 Å². The summed E-state index contributed by atoms with van der Waals surface area (Å²) in [5.74, 6) is -2.22. The van der Waals surface area contributed by atoms with Crippen LogP contribution in [0.4, 0.5) is 0 Å². The molecule has 4 saturated carbocycles. The number of aliphatic hydroxyl groups excluding tert-OH is 4. The minimum absolute atomic E-state index is 0.0365. The number of hydrogen-bond acceptors (Lipinski definition) is 11. The average molecular weight is 724 g/mol. The number of rotatable bonds is 7. The number of dihydropyridines is 1. The lowest BCUT2D eigenvalue weighted by Gasteiger charge is -2.69. The lowest BCUT2D eigenvalue weighted by molar-refractivity contribution is -0.223. The minimum Gasteiger partial charge on any atom is -0.392 e. The van der Waals surface area contributed by atoms with Crippen molar-refractivity contribution in [2.45, 2.75) is 121 Å². The maximum Gasteiger partial charge on any atom is 0.182 e. The van der Waals surface area contributed by atoms with Crippen LogP contribution in [0.3, 0.4) is 0 Å². The first-order valence-corrected chi connectivity index (χ1v) is 19.9. The van der Waals surface area contributed by atoms with Gasteiger partial charge in [-0.2, -0.15) is 0 Å². The zero-order chi connectivity index (χ0) is 37.3. The SMILES string of the molecule is CC(O)CNC1=C2C3C(C=CC(C4=CNC(N)C=C4)C4CCC5C(O)C(O)CC43C5C1=O)CC1(C)C(C(C)(O)C(O)C3OCC(C)C3C)CCC21O. The van der Waals surface area contributed by atoms with Gasteiger partial charge in [0, 0.05) is 36.6 Å². The van der Waals surface area contributed by atoms with Gasteiger partial charge in [-0.05, 0) is 116 Å². The van der Waals surface area contributed by atoms with Gasteiger partial charge >= 0.3 is 0 Å². The molecule has 11 heteroatoms. The van der Waals surface area contributed by atoms with Gasteiger partial charge in [-0.15, -0.1) is 0 Å². The van der Waals surface area contributed by atoms with Crippen molar-refractivity contribution in [1.29, 1.82) is 0 Å². The number of aliphatic hydroxyl groups is 6. The van der Waals surface area contributed by atoms with E-state index < -0.39 is 70.3 Å². The topological polar surface area (TPSA) is 198 Å². The summed E-state index contributed by atoms with van der Waals surface area (Å²) >= 11 is 0. The molecule has 19 atom stereocenters. The number of allylic oxidation sites excluding steroid dienone is 5. The summed E-state index contributed by atoms with van der Waals surface area (Å²) in [6, 6.07) is 0. The maximum absolute atomic E-state index is 15.4. The van der Waals surface area contributed by atoms with E-state index in [-0.39, 0.29) is 66.8 Å². The summed E-state index contributed by atoms with van der Waals surface area (Å²) in [6.07, 6.45) is 8.31. The molecule has 0 amide bonds. The largest absolute Gasteiger partial charge is 0.392 e. The number of ketones is 1. The molecule has 2 aliphatic heterocycles. The Hall–Kier alpha value is -2.09. The number of ether oxygens (including phenoxy) is 1. The summed E-state index contributed by atoms with van der Waals surface area (Å²) in [6.45, 7) is 10.1. The molecule has 288 valence electrons. The van der Waals surface area contributed by atoms with E-state index in [0.717, 1.165) is 12.0 Å². The van der Waals surface area contributed by atoms with E-state index in [1.807, 2.05) is 26.1 Å². The minimum atomic E-state index is -1.62. The van der Waals surface area contributed by atoms with Crippen molar-refractivity contribution >= 4 is 5.78 Å². The van der Waals surface area contributed by atoms with Crippen molar-refractivity contribution in [3.05, 3.63) is 47.3 Å². The molecule has 0 radical (unpaired) electrons. The van der Waals surface area contributed by atoms with E-state index >= 15 is 4.79 Å². The second-order valence-corrected chi connectivity index (χ2v) is 18.7. The monoisotopic (exact) mass is 723 g/mol. The third kappa shape index (κ3) is 4.88. The molecule has 0 aromatic carbocycles. The van der Waals surface area contributed by atoms with Gasteiger partial charge in [0.1, 0.15) is 6.10 Å². The highest BCUT2D eigenvalue weighted by molar-refractivity contribution is 6.00. The fourth-order valence-electron chi connectivity index (χ4n) is 13.6. The van der Waals surface area contributed by atoms with Crippen LogP contribution in [0.1, 0.15) is 73.1 Å². The molecule has 52 heavy (non-hydrogen) atoms. The van der Waals surface area contributed by atoms with Crippen molar-refractivity contribution < 1.29 is 40.2 Å². The zero-order valence-electron chi connectivity index (χ0n) is 31.3. The van der Waals surface area contributed by atoms with E-state index in [1.165, 1.54) is 0 Å². The van der Waals surface area contributed by atoms with Crippen LogP contribution in [0, 0.1) is 64.1 Å². The molecule has 0 aromatic heterocycles. The summed E-state index contributed by atoms with van der Waals surface area (Å²) in [7, 11) is 0. The molecule has 8 rings (SSSR count). The van der Waals surface area contributed by atoms with Gasteiger partial charge in [-0.3, -0.25) is 4.79 Å². The van der Waals surface area contributed by atoms with E-state index in [4.69, 9.17) is 10.5 Å². The maximum atomic E-state index is 15.4. The van der Waals surface area contributed by atoms with Crippen molar-refractivity contribution in [2.75, 3.05) is 13.2 Å². The van der Waals surface area contributed by atoms with Crippen LogP contribution in [0.15, 0.2) is 47.3 Å². The molecule has 11 nitrogen and oxygen atoms in total. The Morgan fingerprint density at radius 3 is 2.52 bits per heavy atom. The molecule has 2 bridgehead atoms. The molecular formula is C41H61N3O8. The third-order valence-electron chi connectivity index (χ3n) is 16.1. The Balaban J connectivity index is 1.32. The van der Waals surface area contributed by atoms with Crippen molar-refractivity contribution in [2.24, 2.45) is 69.8 Å². The standard InChI is InChI=1S/C41H61N3O8/c1-19-18-52-36(21(19)3)37(49)39(5,50)28-12-13-41(51)32-30-22(14-38(28,41)4)6-8-24(23-7-11-29(42)43-17-23)26-10-9-25-31(35(48)33(32)44-16-20(2)45)40(26,30)15-27(46)34(25)47/h6-8,11,17,19-22,24-31,34,36-37,43-47,49-51H,9-10,12-16,18,42H2,1-5H3. The van der Waals surface area contributed by atoms with E-state index in [9.17, 15) is 30.6 Å². The Labute approximate surface area is 307 Å². The molecule has 6 aliphatic carbocycles. The molecule has 10 N–H and O–H groups in total. The van der Waals surface area contributed by atoms with Crippen molar-refractivity contribution in [1.82, 2.24) is 10.6 Å². The van der Waals surface area contributed by atoms with Crippen LogP contribution in [-0.4, -0.2) is 97.5 Å². The van der Waals surface area contributed by atoms with Gasteiger partial charge in [0.2, 0.25) is 0 Å². The van der Waals surface area contributed by atoms with Gasteiger partial charge in [-0.25, -0.2) is 0 Å². The number of hydrogen-bond donors (Lipinski definition) is 9. The summed E-state index contributed by atoms with van der Waals surface area (Å²) in [5.41, 5.74) is 3.23. The Morgan fingerprint density at radius 1 is 1.12 bits per heavy atom. The quantitative estimate of drug-likeness (QED) is 0.173. The van der Waals surface area contributed by atoms with Gasteiger partial charge in [-0.1, -0.05) is 39.0 Å². The fourth-order valence-corrected chi connectivity index (χ4v) is 13.6. The number of nitrogens with one attached hydrogen (secondary N) is 2. The van der Waals surface area contributed by atoms with Crippen LogP contribution in [0.25, 0.3) is 0 Å². The predicted octanol–water partition coefficient (Wildman–Crippen LogP) is 1.63. The lowest BCUT2D eigenvalue weighted by atomic mass is 9.36. The fraction of sp³-hybridized carbons (Fsp3) is 0.780. The molecule has 2 heterocycles. The molecule has 1 saturated heterocycles. The second kappa shape index (κ2) is 12.5. The molecule has 1 spiro atoms. The second-order valence-electron chi connectivity index (χ2n) is 18.7. The summed E-state index contributed by atoms with van der Waals surface area (Å²) in [5, 5.41) is 78.3. The smallest absolute Gasteiger partial charge is 0.182 e. The van der Waals surface area contributed by atoms with Crippen LogP contribution in [0.2, 0.25) is 0 Å². The van der Waals surface area contributed by atoms with E-state index in [2.05, 4.69) is 35.8 Å². The number of fused-ring (bicyclic) bond motifs is 2. The highest BCUT2D eigenvalue weighted by Gasteiger charge is 2.76. The number of carbonyl (C=O) groups is 1. The lowest BCUT2D eigenvalue weighted by Crippen LogP contribution is -2.71. The van der Waals surface area contributed by atoms with Gasteiger partial charge in [0.05, 0.1) is 47.5 Å². The first kappa shape index (κ1) is 36.9. The first-order chi connectivity index (χ1) is 24.5. The van der Waals surface area contributed by atoms with Crippen LogP contribution >= 0.6 is 0 Å². The number of carbonyl (C=O) groups excluding carboxylic acids is 1. The molecule has 8 aliphatic rings. The molecule has 0 aromatic rings. The highest BCUT2D eigenvalue weighted by Crippen LogP contribution is 2.75. The van der Waals surface area contributed by atoms with E-state index in [1.54, 1.807) is 13.8 Å².